The fourth-order valence-electron chi connectivity index (χ4n) is 3.48. The van der Waals surface area contributed by atoms with Crippen molar-refractivity contribution in [2.24, 2.45) is 0 Å². The maximum absolute atomic E-state index is 12.5. The fraction of sp³-hybridized carbons (Fsp3) is 0.750. The summed E-state index contributed by atoms with van der Waals surface area (Å²) in [7, 11) is -3.63. The summed E-state index contributed by atoms with van der Waals surface area (Å²) in [6.07, 6.45) is 16.2. The van der Waals surface area contributed by atoms with Gasteiger partial charge in [-0.05, 0) is 25.0 Å². The third kappa shape index (κ3) is 12.1. The lowest BCUT2D eigenvalue weighted by Gasteiger charge is -2.08. The van der Waals surface area contributed by atoms with Crippen molar-refractivity contribution in [2.75, 3.05) is 13.2 Å². The van der Waals surface area contributed by atoms with Gasteiger partial charge in [0.25, 0.3) is 0 Å². The number of ether oxygens (including phenoxy) is 1. The molecule has 7 heteroatoms. The molecule has 0 aliphatic rings. The Labute approximate surface area is 189 Å². The van der Waals surface area contributed by atoms with Gasteiger partial charge in [-0.2, -0.15) is 0 Å². The third-order valence-corrected chi connectivity index (χ3v) is 6.89. The summed E-state index contributed by atoms with van der Waals surface area (Å²) in [5.74, 6) is 0.401. The van der Waals surface area contributed by atoms with Crippen LogP contribution in [0.1, 0.15) is 104 Å². The smallest absolute Gasteiger partial charge is 0.427 e. The Morgan fingerprint density at radius 3 is 1.97 bits per heavy atom. The SMILES string of the molecule is CCCCCCCCCCNS(=O)(=O)c1ccc(OCCCCCCCC)c([N+]#N)c1. The van der Waals surface area contributed by atoms with Crippen LogP contribution in [0.15, 0.2) is 23.1 Å². The zero-order chi connectivity index (χ0) is 22.8. The average Bonchev–Trinajstić information content (AvgIpc) is 2.77. The quantitative estimate of drug-likeness (QED) is 0.176. The van der Waals surface area contributed by atoms with Gasteiger partial charge in [-0.15, -0.1) is 0 Å². The molecule has 0 aliphatic heterocycles. The second kappa shape index (κ2) is 17.0. The zero-order valence-corrected chi connectivity index (χ0v) is 20.4. The van der Waals surface area contributed by atoms with E-state index in [2.05, 4.69) is 23.5 Å². The van der Waals surface area contributed by atoms with E-state index in [9.17, 15) is 13.8 Å². The number of hydrogen-bond acceptors (Lipinski definition) is 4. The maximum atomic E-state index is 12.5. The normalized spacial score (nSPS) is 11.4. The first kappa shape index (κ1) is 27.4. The summed E-state index contributed by atoms with van der Waals surface area (Å²) in [4.78, 5) is 3.31. The molecule has 0 saturated carbocycles. The fourth-order valence-corrected chi connectivity index (χ4v) is 4.57. The molecule has 0 bridgehead atoms. The van der Waals surface area contributed by atoms with Crippen molar-refractivity contribution in [3.8, 4) is 5.75 Å². The summed E-state index contributed by atoms with van der Waals surface area (Å²) in [6.45, 7) is 5.34. The van der Waals surface area contributed by atoms with E-state index in [1.165, 1.54) is 69.9 Å². The number of rotatable bonds is 19. The van der Waals surface area contributed by atoms with Crippen LogP contribution in [-0.2, 0) is 10.0 Å². The lowest BCUT2D eigenvalue weighted by Crippen LogP contribution is -2.24. The monoisotopic (exact) mass is 452 g/mol. The highest BCUT2D eigenvalue weighted by Crippen LogP contribution is 2.30. The van der Waals surface area contributed by atoms with Crippen LogP contribution in [0.2, 0.25) is 0 Å². The van der Waals surface area contributed by atoms with Gasteiger partial charge in [-0.3, -0.25) is 0 Å². The standard InChI is InChI=1S/C24H42N3O3S/c1-3-5-7-9-11-12-13-15-19-26-31(28,29)22-17-18-24(23(21-22)27-25)30-20-16-14-10-8-6-4-2/h17-18,21,26H,3-16,19-20H2,1-2H3/q+1. The van der Waals surface area contributed by atoms with Crippen LogP contribution < -0.4 is 9.46 Å². The average molecular weight is 453 g/mol. The number of unbranched alkanes of at least 4 members (excludes halogenated alkanes) is 12. The molecular weight excluding hydrogens is 410 g/mol. The number of diazo groups is 1. The zero-order valence-electron chi connectivity index (χ0n) is 19.6. The second-order valence-electron chi connectivity index (χ2n) is 8.22. The minimum Gasteiger partial charge on any atom is -0.486 e. The van der Waals surface area contributed by atoms with E-state index in [-0.39, 0.29) is 10.6 Å². The highest BCUT2D eigenvalue weighted by Gasteiger charge is 2.22. The number of sulfonamides is 1. The summed E-state index contributed by atoms with van der Waals surface area (Å²) >= 11 is 0. The molecule has 0 amide bonds. The van der Waals surface area contributed by atoms with E-state index in [0.29, 0.717) is 18.9 Å². The summed E-state index contributed by atoms with van der Waals surface area (Å²) < 4.78 is 33.4. The largest absolute Gasteiger partial charge is 0.486 e. The minimum atomic E-state index is -3.63. The molecule has 1 rings (SSSR count). The topological polar surface area (TPSA) is 83.6 Å². The number of benzene rings is 1. The molecule has 0 unspecified atom stereocenters. The van der Waals surface area contributed by atoms with Gasteiger partial charge in [-0.1, -0.05) is 90.9 Å². The molecular formula is C24H42N3O3S+. The van der Waals surface area contributed by atoms with Gasteiger partial charge >= 0.3 is 5.69 Å². The lowest BCUT2D eigenvalue weighted by atomic mass is 10.1. The van der Waals surface area contributed by atoms with Crippen LogP contribution in [0.5, 0.6) is 5.75 Å². The molecule has 0 heterocycles. The molecule has 1 N–H and O–H groups in total. The van der Waals surface area contributed by atoms with Crippen LogP contribution >= 0.6 is 0 Å². The molecule has 0 atom stereocenters. The molecule has 0 radical (unpaired) electrons. The van der Waals surface area contributed by atoms with E-state index in [1.807, 2.05) is 0 Å². The van der Waals surface area contributed by atoms with Crippen LogP contribution in [0, 0.1) is 5.39 Å². The molecule has 0 spiro atoms. The molecule has 0 saturated heterocycles. The maximum Gasteiger partial charge on any atom is 0.427 e. The molecule has 0 aliphatic carbocycles. The molecule has 176 valence electrons. The highest BCUT2D eigenvalue weighted by atomic mass is 32.2. The molecule has 0 aromatic heterocycles. The van der Waals surface area contributed by atoms with Crippen molar-refractivity contribution in [2.45, 2.75) is 109 Å². The van der Waals surface area contributed by atoms with E-state index in [4.69, 9.17) is 4.74 Å². The van der Waals surface area contributed by atoms with Gasteiger partial charge in [-0.25, -0.2) is 13.1 Å². The van der Waals surface area contributed by atoms with Gasteiger partial charge < -0.3 is 4.74 Å². The predicted molar refractivity (Wildman–Crippen MR) is 128 cm³/mol. The van der Waals surface area contributed by atoms with Crippen LogP contribution in [-0.4, -0.2) is 21.6 Å². The first-order valence-corrected chi connectivity index (χ1v) is 13.6. The molecule has 1 aromatic carbocycles. The van der Waals surface area contributed by atoms with Crippen molar-refractivity contribution in [3.05, 3.63) is 23.2 Å². The van der Waals surface area contributed by atoms with Gasteiger partial charge in [0.05, 0.1) is 17.6 Å². The lowest BCUT2D eigenvalue weighted by molar-refractivity contribution is 0.306. The van der Waals surface area contributed by atoms with E-state index in [0.717, 1.165) is 32.1 Å². The number of hydrogen-bond donors (Lipinski definition) is 1. The third-order valence-electron chi connectivity index (χ3n) is 5.43. The second-order valence-corrected chi connectivity index (χ2v) is 9.99. The molecule has 0 fully saturated rings. The van der Waals surface area contributed by atoms with Crippen LogP contribution in [0.3, 0.4) is 0 Å². The molecule has 31 heavy (non-hydrogen) atoms. The first-order valence-electron chi connectivity index (χ1n) is 12.2. The number of nitrogens with zero attached hydrogens (tertiary/aromatic N) is 2. The van der Waals surface area contributed by atoms with Crippen LogP contribution in [0.4, 0.5) is 5.69 Å². The van der Waals surface area contributed by atoms with Crippen molar-refractivity contribution in [1.29, 1.82) is 5.39 Å². The van der Waals surface area contributed by atoms with E-state index >= 15 is 0 Å². The van der Waals surface area contributed by atoms with E-state index < -0.39 is 10.0 Å². The Balaban J connectivity index is 2.39. The van der Waals surface area contributed by atoms with Crippen molar-refractivity contribution in [3.63, 3.8) is 0 Å². The Bertz CT molecular complexity index is 745. The summed E-state index contributed by atoms with van der Waals surface area (Å²) in [5, 5.41) is 9.29. The van der Waals surface area contributed by atoms with Gasteiger partial charge in [0, 0.05) is 6.54 Å². The van der Waals surface area contributed by atoms with Crippen molar-refractivity contribution < 1.29 is 13.2 Å². The highest BCUT2D eigenvalue weighted by molar-refractivity contribution is 7.89. The summed E-state index contributed by atoms with van der Waals surface area (Å²) in [5.41, 5.74) is 0.140. The minimum absolute atomic E-state index is 0.0896. The van der Waals surface area contributed by atoms with Gasteiger partial charge in [0.2, 0.25) is 21.2 Å². The Kier molecular flexibility index (Phi) is 15.0. The Morgan fingerprint density at radius 2 is 1.39 bits per heavy atom. The molecule has 1 aromatic rings. The number of nitrogens with one attached hydrogen (secondary N) is 1. The van der Waals surface area contributed by atoms with Crippen molar-refractivity contribution in [1.82, 2.24) is 4.72 Å². The predicted octanol–water partition coefficient (Wildman–Crippen LogP) is 7.33. The Morgan fingerprint density at radius 1 is 0.839 bits per heavy atom. The first-order chi connectivity index (χ1) is 15.0. The molecule has 6 nitrogen and oxygen atoms in total. The van der Waals surface area contributed by atoms with Gasteiger partial charge in [0.15, 0.2) is 4.98 Å². The van der Waals surface area contributed by atoms with E-state index in [1.54, 1.807) is 6.07 Å². The summed E-state index contributed by atoms with van der Waals surface area (Å²) in [6, 6.07) is 4.42. The Hall–Kier alpha value is -1.65. The van der Waals surface area contributed by atoms with Crippen LogP contribution in [0.25, 0.3) is 4.98 Å². The van der Waals surface area contributed by atoms with Crippen molar-refractivity contribution >= 4 is 15.7 Å². The van der Waals surface area contributed by atoms with Gasteiger partial charge in [0.1, 0.15) is 0 Å².